The molecule has 1 unspecified atom stereocenters. The minimum Gasteiger partial charge on any atom is -0.431 e. The predicted molar refractivity (Wildman–Crippen MR) is 203 cm³/mol. The molecule has 0 saturated carbocycles. The van der Waals surface area contributed by atoms with Crippen LogP contribution in [0.1, 0.15) is 27.6 Å². The van der Waals surface area contributed by atoms with Gasteiger partial charge < -0.3 is 4.74 Å². The highest BCUT2D eigenvalue weighted by Crippen LogP contribution is 2.33. The maximum Gasteiger partial charge on any atom is 0.388 e. The van der Waals surface area contributed by atoms with E-state index in [1.807, 2.05) is 48.5 Å². The van der Waals surface area contributed by atoms with Crippen LogP contribution in [0.5, 0.6) is 5.88 Å². The number of fused-ring (bicyclic) bond motifs is 1. The number of Topliss-reactive ketones (excluding diaryl/α,β-unsaturated/α-hetero) is 1. The summed E-state index contributed by atoms with van der Waals surface area (Å²) in [6, 6.07) is 17.4. The Labute approximate surface area is 377 Å². The molecular formula is C45H17BF20N2O2. The molecule has 362 valence electrons. The molecule has 1 heterocycles. The number of hydrogen-bond acceptors (Lipinski definition) is 3. The number of ether oxygens (including phenoxy) is 1. The van der Waals surface area contributed by atoms with Gasteiger partial charge in [0.25, 0.3) is 0 Å². The summed E-state index contributed by atoms with van der Waals surface area (Å²) in [6.07, 6.45) is 1.75. The van der Waals surface area contributed by atoms with E-state index >= 15 is 35.1 Å². The molecule has 1 aliphatic carbocycles. The van der Waals surface area contributed by atoms with Gasteiger partial charge >= 0.3 is 5.88 Å². The van der Waals surface area contributed by atoms with Gasteiger partial charge in [-0.1, -0.05) is 60.7 Å². The summed E-state index contributed by atoms with van der Waals surface area (Å²) in [5.74, 6) is -70.8. The van der Waals surface area contributed by atoms with Gasteiger partial charge in [-0.15, -0.1) is 21.9 Å². The van der Waals surface area contributed by atoms with Gasteiger partial charge in [0.2, 0.25) is 12.3 Å². The second-order valence-electron chi connectivity index (χ2n) is 14.7. The van der Waals surface area contributed by atoms with E-state index in [0.717, 1.165) is 11.1 Å². The van der Waals surface area contributed by atoms with Crippen molar-refractivity contribution in [3.8, 4) is 5.88 Å². The van der Waals surface area contributed by atoms with E-state index < -0.39 is 144 Å². The van der Waals surface area contributed by atoms with Gasteiger partial charge in [0, 0.05) is 11.1 Å². The molecular weight excluding hydrogens is 991 g/mol. The van der Waals surface area contributed by atoms with E-state index in [1.165, 1.54) is 0 Å². The Kier molecular flexibility index (Phi) is 13.6. The lowest BCUT2D eigenvalue weighted by atomic mass is 9.12. The second kappa shape index (κ2) is 19.0. The SMILES string of the molecule is Fc1c(F)c(F)c([B-](c2c(F)c(F)c(F)c(F)c2F)(c2c(F)c(F)c(F)c(F)c2F)c2c(F)c(F)c(F)c(F)c2F)c(F)c1F.O=C(C[n+]1ccncc1OC1C=Cc2ccccc21)c1ccccc1. The van der Waals surface area contributed by atoms with Gasteiger partial charge in [-0.05, 0) is 11.6 Å². The zero-order valence-electron chi connectivity index (χ0n) is 33.7. The molecule has 4 nitrogen and oxygen atoms in total. The monoisotopic (exact) mass is 1010 g/mol. The number of carbonyl (C=O) groups is 1. The number of ketones is 1. The molecule has 1 aromatic heterocycles. The normalized spacial score (nSPS) is 13.1. The van der Waals surface area contributed by atoms with Crippen molar-refractivity contribution in [2.75, 3.05) is 0 Å². The Hall–Kier alpha value is -7.73. The lowest BCUT2D eigenvalue weighted by Gasteiger charge is -2.44. The van der Waals surface area contributed by atoms with Crippen LogP contribution in [0.3, 0.4) is 0 Å². The Morgan fingerprint density at radius 3 is 1.20 bits per heavy atom. The summed E-state index contributed by atoms with van der Waals surface area (Å²) in [5.41, 5.74) is -11.4. The molecule has 7 aromatic rings. The van der Waals surface area contributed by atoms with Gasteiger partial charge in [-0.3, -0.25) is 4.79 Å². The van der Waals surface area contributed by atoms with E-state index in [2.05, 4.69) is 23.2 Å². The van der Waals surface area contributed by atoms with Crippen LogP contribution in [0.2, 0.25) is 0 Å². The van der Waals surface area contributed by atoms with Gasteiger partial charge in [0.15, 0.2) is 76.0 Å². The zero-order valence-corrected chi connectivity index (χ0v) is 33.7. The number of carbonyl (C=O) groups excluding carboxylic acids is 1. The van der Waals surface area contributed by atoms with E-state index in [-0.39, 0.29) is 18.4 Å². The van der Waals surface area contributed by atoms with Crippen LogP contribution < -0.4 is 31.2 Å². The molecule has 0 aliphatic heterocycles. The molecule has 25 heteroatoms. The van der Waals surface area contributed by atoms with Crippen LogP contribution in [0.15, 0.2) is 79.3 Å². The van der Waals surface area contributed by atoms with Crippen LogP contribution in [-0.4, -0.2) is 16.9 Å². The van der Waals surface area contributed by atoms with Crippen molar-refractivity contribution < 1.29 is 102 Å². The molecule has 0 fully saturated rings. The van der Waals surface area contributed by atoms with Gasteiger partial charge in [-0.2, -0.15) is 4.57 Å². The van der Waals surface area contributed by atoms with Crippen molar-refractivity contribution in [1.29, 1.82) is 0 Å². The van der Waals surface area contributed by atoms with Crippen molar-refractivity contribution in [2.24, 2.45) is 0 Å². The Balaban J connectivity index is 0.000000242. The number of nitrogens with zero attached hydrogens (tertiary/aromatic N) is 2. The van der Waals surface area contributed by atoms with Crippen LogP contribution in [0.4, 0.5) is 87.8 Å². The number of halogens is 20. The summed E-state index contributed by atoms with van der Waals surface area (Å²) in [5, 5.41) is 0. The highest BCUT2D eigenvalue weighted by molar-refractivity contribution is 7.20. The van der Waals surface area contributed by atoms with E-state index in [0.29, 0.717) is 11.4 Å². The van der Waals surface area contributed by atoms with Crippen LogP contribution in [0, 0.1) is 116 Å². The maximum atomic E-state index is 15.4. The lowest BCUT2D eigenvalue weighted by Crippen LogP contribution is -2.81. The minimum absolute atomic E-state index is 0.0315. The standard InChI is InChI=1S/C24BF20.C21H17N2O2/c26-5-1(6(27)14(35)21(42)13(5)34)25(2-7(28)15(36)22(43)16(37)8(2)29,3-9(30)17(38)23(44)18(39)10(3)31)4-11(32)19(40)24(45)20(41)12(4)33;24-19(17-7-2-1-3-8-17)15-23-13-12-22-14-21(23)25-20-11-10-16-6-4-5-9-18(16)20/h;1-14,20H,15H2/q-1;+1. The highest BCUT2D eigenvalue weighted by Gasteiger charge is 2.52. The maximum absolute atomic E-state index is 15.4. The first-order valence-electron chi connectivity index (χ1n) is 19.1. The predicted octanol–water partition coefficient (Wildman–Crippen LogP) is 9.24. The Morgan fingerprint density at radius 2 is 0.814 bits per heavy atom. The number of hydrogen-bond donors (Lipinski definition) is 0. The van der Waals surface area contributed by atoms with E-state index in [9.17, 15) is 57.5 Å². The molecule has 0 bridgehead atoms. The smallest absolute Gasteiger partial charge is 0.388 e. The molecule has 0 spiro atoms. The van der Waals surface area contributed by atoms with Crippen LogP contribution in [-0.2, 0) is 6.54 Å². The molecule has 1 atom stereocenters. The fraction of sp³-hybridized carbons (Fsp3) is 0.0444. The van der Waals surface area contributed by atoms with Crippen molar-refractivity contribution in [3.63, 3.8) is 0 Å². The van der Waals surface area contributed by atoms with Crippen LogP contribution >= 0.6 is 0 Å². The van der Waals surface area contributed by atoms with Gasteiger partial charge in [0.1, 0.15) is 65.0 Å². The average Bonchev–Trinajstić information content (AvgIpc) is 3.77. The summed E-state index contributed by atoms with van der Waals surface area (Å²) in [7, 11) is 0. The summed E-state index contributed by atoms with van der Waals surface area (Å²) in [4.78, 5) is 16.6. The molecule has 8 rings (SSSR count). The Bertz CT molecular complexity index is 2940. The molecule has 1 aliphatic rings. The third-order valence-corrected chi connectivity index (χ3v) is 10.9. The third kappa shape index (κ3) is 7.94. The first-order chi connectivity index (χ1) is 33.0. The molecule has 0 N–H and O–H groups in total. The van der Waals surface area contributed by atoms with Gasteiger partial charge in [-0.25, -0.2) is 92.8 Å². The molecule has 70 heavy (non-hydrogen) atoms. The minimum atomic E-state index is -7.22. The highest BCUT2D eigenvalue weighted by atomic mass is 19.2. The first kappa shape index (κ1) is 50.2. The van der Waals surface area contributed by atoms with E-state index in [4.69, 9.17) is 4.74 Å². The summed E-state index contributed by atoms with van der Waals surface area (Å²) in [6.45, 7) is 0.208. The van der Waals surface area contributed by atoms with Crippen molar-refractivity contribution in [3.05, 3.63) is 212 Å². The number of benzene rings is 6. The average molecular weight is 1010 g/mol. The number of rotatable bonds is 9. The second-order valence-corrected chi connectivity index (χ2v) is 14.7. The zero-order chi connectivity index (χ0) is 51.4. The largest absolute Gasteiger partial charge is 0.431 e. The molecule has 0 radical (unpaired) electrons. The molecule has 0 saturated heterocycles. The van der Waals surface area contributed by atoms with Crippen molar-refractivity contribution in [1.82, 2.24) is 4.98 Å². The molecule has 6 aromatic carbocycles. The topological polar surface area (TPSA) is 43.1 Å². The van der Waals surface area contributed by atoms with E-state index in [1.54, 1.807) is 23.2 Å². The fourth-order valence-electron chi connectivity index (χ4n) is 7.80. The number of aromatic nitrogens is 2. The quantitative estimate of drug-likeness (QED) is 0.0362. The first-order valence-corrected chi connectivity index (χ1v) is 19.1. The summed E-state index contributed by atoms with van der Waals surface area (Å²) < 4.78 is 302. The van der Waals surface area contributed by atoms with Crippen LogP contribution in [0.25, 0.3) is 6.08 Å². The molecule has 0 amide bonds. The summed E-state index contributed by atoms with van der Waals surface area (Å²) >= 11 is 0. The Morgan fingerprint density at radius 1 is 0.471 bits per heavy atom. The van der Waals surface area contributed by atoms with Crippen molar-refractivity contribution in [2.45, 2.75) is 12.6 Å². The lowest BCUT2D eigenvalue weighted by molar-refractivity contribution is -0.689. The van der Waals surface area contributed by atoms with Crippen molar-refractivity contribution >= 4 is 39.9 Å². The fourth-order valence-corrected chi connectivity index (χ4v) is 7.80. The van der Waals surface area contributed by atoms with Gasteiger partial charge in [0.05, 0.1) is 6.20 Å². The third-order valence-electron chi connectivity index (χ3n) is 10.9.